The molecule has 2 atom stereocenters. The first-order valence-corrected chi connectivity index (χ1v) is 10.5. The van der Waals surface area contributed by atoms with Crippen molar-refractivity contribution in [1.82, 2.24) is 0 Å². The lowest BCUT2D eigenvalue weighted by atomic mass is 9.60. The minimum atomic E-state index is -0.450. The third kappa shape index (κ3) is 3.27. The molecule has 0 saturated heterocycles. The van der Waals surface area contributed by atoms with E-state index in [4.69, 9.17) is 28.2 Å². The zero-order valence-electron chi connectivity index (χ0n) is 16.7. The monoisotopic (exact) mass is 417 g/mol. The van der Waals surface area contributed by atoms with Gasteiger partial charge >= 0.3 is 0 Å². The van der Waals surface area contributed by atoms with E-state index in [1.165, 1.54) is 0 Å². The SMILES string of the molecule is CC1(C)CC(=O)C2C(=NC3=C(C(=O)CC(C)(C)C3)[C@@H]2c2c(Cl)cccc2Cl)C1. The van der Waals surface area contributed by atoms with Gasteiger partial charge in [-0.1, -0.05) is 57.0 Å². The fraction of sp³-hybridized carbons (Fsp3) is 0.522. The maximum absolute atomic E-state index is 13.3. The number of halogens is 2. The summed E-state index contributed by atoms with van der Waals surface area (Å²) in [7, 11) is 0. The van der Waals surface area contributed by atoms with Crippen molar-refractivity contribution < 1.29 is 9.59 Å². The molecule has 0 amide bonds. The number of hydrogen-bond donors (Lipinski definition) is 0. The van der Waals surface area contributed by atoms with E-state index in [-0.39, 0.29) is 22.4 Å². The number of benzene rings is 1. The van der Waals surface area contributed by atoms with Crippen LogP contribution in [0, 0.1) is 16.7 Å². The lowest BCUT2D eigenvalue weighted by molar-refractivity contribution is -0.124. The van der Waals surface area contributed by atoms with Crippen molar-refractivity contribution in [2.45, 2.75) is 59.3 Å². The highest BCUT2D eigenvalue weighted by Gasteiger charge is 2.50. The average molecular weight is 418 g/mol. The van der Waals surface area contributed by atoms with Gasteiger partial charge < -0.3 is 0 Å². The molecule has 1 aromatic carbocycles. The van der Waals surface area contributed by atoms with Crippen LogP contribution >= 0.6 is 23.2 Å². The van der Waals surface area contributed by atoms with Gasteiger partial charge in [0.25, 0.3) is 0 Å². The number of ketones is 2. The Labute approximate surface area is 176 Å². The predicted octanol–water partition coefficient (Wildman–Crippen LogP) is 6.18. The van der Waals surface area contributed by atoms with Crippen molar-refractivity contribution in [3.63, 3.8) is 0 Å². The molecule has 1 heterocycles. The van der Waals surface area contributed by atoms with Crippen LogP contribution in [0.25, 0.3) is 0 Å². The first-order valence-electron chi connectivity index (χ1n) is 9.79. The zero-order valence-corrected chi connectivity index (χ0v) is 18.2. The number of hydrogen-bond acceptors (Lipinski definition) is 3. The Morgan fingerprint density at radius 2 is 1.50 bits per heavy atom. The second-order valence-corrected chi connectivity index (χ2v) is 10.8. The van der Waals surface area contributed by atoms with E-state index in [0.717, 1.165) is 24.3 Å². The summed E-state index contributed by atoms with van der Waals surface area (Å²) < 4.78 is 0. The molecule has 4 rings (SSSR count). The summed E-state index contributed by atoms with van der Waals surface area (Å²) in [5, 5.41) is 1.00. The summed E-state index contributed by atoms with van der Waals surface area (Å²) in [4.78, 5) is 31.4. The first kappa shape index (κ1) is 19.8. The zero-order chi connectivity index (χ0) is 20.4. The van der Waals surface area contributed by atoms with Gasteiger partial charge in [0.05, 0.1) is 5.92 Å². The smallest absolute Gasteiger partial charge is 0.161 e. The van der Waals surface area contributed by atoms with Gasteiger partial charge in [0.2, 0.25) is 0 Å². The van der Waals surface area contributed by atoms with E-state index in [2.05, 4.69) is 27.7 Å². The van der Waals surface area contributed by atoms with Crippen LogP contribution in [-0.2, 0) is 9.59 Å². The lowest BCUT2D eigenvalue weighted by Gasteiger charge is -2.44. The van der Waals surface area contributed by atoms with Gasteiger partial charge in [0.15, 0.2) is 5.78 Å². The van der Waals surface area contributed by atoms with Gasteiger partial charge in [0.1, 0.15) is 5.78 Å². The van der Waals surface area contributed by atoms with E-state index >= 15 is 0 Å². The highest BCUT2D eigenvalue weighted by atomic mass is 35.5. The van der Waals surface area contributed by atoms with Gasteiger partial charge in [-0.25, -0.2) is 0 Å². The van der Waals surface area contributed by atoms with Crippen molar-refractivity contribution in [3.8, 4) is 0 Å². The summed E-state index contributed by atoms with van der Waals surface area (Å²) >= 11 is 13.1. The molecule has 0 spiro atoms. The Morgan fingerprint density at radius 1 is 0.893 bits per heavy atom. The van der Waals surface area contributed by atoms with E-state index in [1.807, 2.05) is 0 Å². The Bertz CT molecular complexity index is 935. The Hall–Kier alpha value is -1.45. The number of rotatable bonds is 1. The summed E-state index contributed by atoms with van der Waals surface area (Å²) in [6.07, 6.45) is 2.38. The molecule has 1 unspecified atom stereocenters. The van der Waals surface area contributed by atoms with Gasteiger partial charge in [-0.05, 0) is 41.4 Å². The van der Waals surface area contributed by atoms with Crippen molar-refractivity contribution in [3.05, 3.63) is 45.1 Å². The number of allylic oxidation sites excluding steroid dienone is 2. The fourth-order valence-electron chi connectivity index (χ4n) is 5.13. The molecule has 2 aliphatic carbocycles. The Kier molecular flexibility index (Phi) is 4.63. The van der Waals surface area contributed by atoms with Crippen LogP contribution in [0.15, 0.2) is 34.5 Å². The first-order chi connectivity index (χ1) is 13.0. The number of carbonyl (C=O) groups excluding carboxylic acids is 2. The maximum Gasteiger partial charge on any atom is 0.161 e. The van der Waals surface area contributed by atoms with E-state index in [0.29, 0.717) is 34.0 Å². The summed E-state index contributed by atoms with van der Waals surface area (Å²) in [6.45, 7) is 8.38. The minimum absolute atomic E-state index is 0.0627. The Morgan fingerprint density at radius 3 is 2.14 bits per heavy atom. The molecule has 0 aromatic heterocycles. The molecular formula is C23H25Cl2NO2. The topological polar surface area (TPSA) is 46.5 Å². The molecule has 1 saturated carbocycles. The second kappa shape index (κ2) is 6.53. The summed E-state index contributed by atoms with van der Waals surface area (Å²) in [5.74, 6) is -0.696. The number of aliphatic imine (C=N–C) groups is 1. The minimum Gasteiger partial charge on any atom is -0.299 e. The molecule has 1 aromatic rings. The largest absolute Gasteiger partial charge is 0.299 e. The molecular weight excluding hydrogens is 393 g/mol. The van der Waals surface area contributed by atoms with Crippen LogP contribution in [0.1, 0.15) is 64.9 Å². The second-order valence-electron chi connectivity index (χ2n) is 9.98. The number of nitrogens with zero attached hydrogens (tertiary/aromatic N) is 1. The summed E-state index contributed by atoms with van der Waals surface area (Å²) in [6, 6.07) is 5.35. The Balaban J connectivity index is 1.97. The molecule has 3 aliphatic rings. The quantitative estimate of drug-likeness (QED) is 0.547. The van der Waals surface area contributed by atoms with Crippen molar-refractivity contribution >= 4 is 40.5 Å². The molecule has 28 heavy (non-hydrogen) atoms. The fourth-order valence-corrected chi connectivity index (χ4v) is 5.76. The van der Waals surface area contributed by atoms with Crippen molar-refractivity contribution in [1.29, 1.82) is 0 Å². The molecule has 148 valence electrons. The van der Waals surface area contributed by atoms with E-state index < -0.39 is 11.8 Å². The van der Waals surface area contributed by atoms with Gasteiger partial charge in [-0.15, -0.1) is 0 Å². The molecule has 0 N–H and O–H groups in total. The standard InChI is InChI=1S/C23H25Cl2NO2/c1-22(2)8-14-19(16(27)10-22)21(18-12(24)6-5-7-13(18)25)20-15(26-14)9-23(3,4)11-17(20)28/h5-7,19,21H,8-11H2,1-4H3/t19?,21-/m1/s1. The summed E-state index contributed by atoms with van der Waals surface area (Å²) in [5.41, 5.74) is 2.77. The lowest BCUT2D eigenvalue weighted by Crippen LogP contribution is -2.45. The van der Waals surface area contributed by atoms with Gasteiger partial charge in [0, 0.05) is 45.8 Å². The molecule has 1 aliphatic heterocycles. The molecule has 3 nitrogen and oxygen atoms in total. The third-order valence-electron chi connectivity index (χ3n) is 6.15. The van der Waals surface area contributed by atoms with Crippen LogP contribution in [0.3, 0.4) is 0 Å². The van der Waals surface area contributed by atoms with Gasteiger partial charge in [-0.3, -0.25) is 14.6 Å². The van der Waals surface area contributed by atoms with E-state index in [9.17, 15) is 9.59 Å². The average Bonchev–Trinajstić information content (AvgIpc) is 2.50. The number of carbonyl (C=O) groups is 2. The maximum atomic E-state index is 13.3. The van der Waals surface area contributed by atoms with Crippen LogP contribution in [0.5, 0.6) is 0 Å². The number of fused-ring (bicyclic) bond motifs is 1. The van der Waals surface area contributed by atoms with E-state index in [1.54, 1.807) is 18.2 Å². The van der Waals surface area contributed by atoms with Crippen molar-refractivity contribution in [2.24, 2.45) is 21.7 Å². The predicted molar refractivity (Wildman–Crippen MR) is 113 cm³/mol. The molecule has 0 bridgehead atoms. The van der Waals surface area contributed by atoms with Crippen LogP contribution in [-0.4, -0.2) is 17.3 Å². The highest BCUT2D eigenvalue weighted by Crippen LogP contribution is 2.53. The third-order valence-corrected chi connectivity index (χ3v) is 6.81. The van der Waals surface area contributed by atoms with Gasteiger partial charge in [-0.2, -0.15) is 0 Å². The van der Waals surface area contributed by atoms with Crippen LogP contribution in [0.4, 0.5) is 0 Å². The number of Topliss-reactive ketones (excluding diaryl/α,β-unsaturated/α-hetero) is 2. The molecule has 5 heteroatoms. The highest BCUT2D eigenvalue weighted by molar-refractivity contribution is 6.36. The van der Waals surface area contributed by atoms with Crippen LogP contribution < -0.4 is 0 Å². The molecule has 0 radical (unpaired) electrons. The normalized spacial score (nSPS) is 28.6. The van der Waals surface area contributed by atoms with Crippen LogP contribution in [0.2, 0.25) is 10.0 Å². The molecule has 1 fully saturated rings. The van der Waals surface area contributed by atoms with Crippen molar-refractivity contribution in [2.75, 3.05) is 0 Å².